The maximum absolute atomic E-state index is 13.7. The molecule has 0 aliphatic heterocycles. The first-order valence-electron chi connectivity index (χ1n) is 9.82. The summed E-state index contributed by atoms with van der Waals surface area (Å²) in [5.41, 5.74) is 3.18. The normalized spacial score (nSPS) is 12.4. The molecule has 30 heavy (non-hydrogen) atoms. The molecule has 0 unspecified atom stereocenters. The van der Waals surface area contributed by atoms with Crippen LogP contribution in [0.2, 0.25) is 0 Å². The number of fused-ring (bicyclic) bond motifs is 1. The van der Waals surface area contributed by atoms with Gasteiger partial charge < -0.3 is 4.57 Å². The van der Waals surface area contributed by atoms with Crippen LogP contribution >= 0.6 is 0 Å². The van der Waals surface area contributed by atoms with Crippen LogP contribution in [0, 0.1) is 17.6 Å². The molecule has 3 rings (SSSR count). The Morgan fingerprint density at radius 1 is 1.03 bits per heavy atom. The number of benzene rings is 2. The zero-order chi connectivity index (χ0) is 22.1. The minimum absolute atomic E-state index is 0.276. The van der Waals surface area contributed by atoms with E-state index in [-0.39, 0.29) is 6.54 Å². The van der Waals surface area contributed by atoms with Crippen molar-refractivity contribution in [3.63, 3.8) is 0 Å². The van der Waals surface area contributed by atoms with Crippen molar-refractivity contribution in [2.24, 2.45) is 5.92 Å². The number of hydrogen-bond donors (Lipinski definition) is 1. The second-order valence-electron chi connectivity index (χ2n) is 8.02. The predicted octanol–water partition coefficient (Wildman–Crippen LogP) is 4.18. The molecule has 5 nitrogen and oxygen atoms in total. The first-order chi connectivity index (χ1) is 14.1. The van der Waals surface area contributed by atoms with E-state index in [0.29, 0.717) is 17.9 Å². The molecule has 2 aromatic carbocycles. The Morgan fingerprint density at radius 3 is 2.30 bits per heavy atom. The van der Waals surface area contributed by atoms with Crippen molar-refractivity contribution in [2.45, 2.75) is 26.8 Å². The Bertz CT molecular complexity index is 1130. The summed E-state index contributed by atoms with van der Waals surface area (Å²) >= 11 is 0. The molecule has 3 aromatic rings. The molecule has 162 valence electrons. The van der Waals surface area contributed by atoms with Gasteiger partial charge in [0.25, 0.3) is 10.2 Å². The molecule has 0 amide bonds. The van der Waals surface area contributed by atoms with Gasteiger partial charge in [-0.05, 0) is 47.2 Å². The molecule has 1 N–H and O–H groups in total. The van der Waals surface area contributed by atoms with E-state index in [1.807, 2.05) is 24.4 Å². The molecular formula is C22H27F2N3O2S. The van der Waals surface area contributed by atoms with Crippen LogP contribution in [0.15, 0.2) is 42.6 Å². The van der Waals surface area contributed by atoms with Crippen LogP contribution in [0.4, 0.5) is 8.78 Å². The Morgan fingerprint density at radius 2 is 1.70 bits per heavy atom. The van der Waals surface area contributed by atoms with E-state index < -0.39 is 21.8 Å². The van der Waals surface area contributed by atoms with Crippen molar-refractivity contribution >= 4 is 21.1 Å². The molecular weight excluding hydrogens is 408 g/mol. The highest BCUT2D eigenvalue weighted by molar-refractivity contribution is 7.87. The maximum atomic E-state index is 13.7. The molecule has 1 aromatic heterocycles. The van der Waals surface area contributed by atoms with Crippen LogP contribution in [-0.2, 0) is 23.2 Å². The van der Waals surface area contributed by atoms with Gasteiger partial charge in [-0.2, -0.15) is 12.7 Å². The van der Waals surface area contributed by atoms with Crippen LogP contribution in [0.5, 0.6) is 0 Å². The van der Waals surface area contributed by atoms with Crippen molar-refractivity contribution < 1.29 is 17.2 Å². The standard InChI is InChI=1S/C22H27F2N3O2S/c1-15(2)13-27-14-17(7-8-25-30(28,29)26(3)4)21-6-5-16(11-22(21)27)18-9-19(23)12-20(24)10-18/h5-6,9-12,14-15,25H,7-8,13H2,1-4H3. The summed E-state index contributed by atoms with van der Waals surface area (Å²) in [5.74, 6) is -0.830. The summed E-state index contributed by atoms with van der Waals surface area (Å²) in [6, 6.07) is 9.19. The number of nitrogens with one attached hydrogen (secondary N) is 1. The maximum Gasteiger partial charge on any atom is 0.278 e. The fourth-order valence-electron chi connectivity index (χ4n) is 3.46. The molecule has 0 aliphatic carbocycles. The summed E-state index contributed by atoms with van der Waals surface area (Å²) in [4.78, 5) is 0. The Labute approximate surface area is 176 Å². The second kappa shape index (κ2) is 8.83. The Hall–Kier alpha value is -2.29. The number of rotatable bonds is 8. The first kappa shape index (κ1) is 22.4. The highest BCUT2D eigenvalue weighted by atomic mass is 32.2. The smallest absolute Gasteiger partial charge is 0.278 e. The lowest BCUT2D eigenvalue weighted by atomic mass is 10.0. The molecule has 0 radical (unpaired) electrons. The molecule has 0 saturated heterocycles. The van der Waals surface area contributed by atoms with Gasteiger partial charge in [0.05, 0.1) is 0 Å². The van der Waals surface area contributed by atoms with Crippen LogP contribution < -0.4 is 4.72 Å². The number of aromatic nitrogens is 1. The predicted molar refractivity (Wildman–Crippen MR) is 116 cm³/mol. The van der Waals surface area contributed by atoms with Gasteiger partial charge in [-0.15, -0.1) is 0 Å². The van der Waals surface area contributed by atoms with Gasteiger partial charge in [0.15, 0.2) is 0 Å². The van der Waals surface area contributed by atoms with Crippen LogP contribution in [0.25, 0.3) is 22.0 Å². The van der Waals surface area contributed by atoms with Crippen LogP contribution in [-0.4, -0.2) is 37.9 Å². The molecule has 0 spiro atoms. The van der Waals surface area contributed by atoms with Crippen molar-refractivity contribution in [3.8, 4) is 11.1 Å². The third-order valence-corrected chi connectivity index (χ3v) is 6.41. The summed E-state index contributed by atoms with van der Waals surface area (Å²) in [6.45, 7) is 5.28. The van der Waals surface area contributed by atoms with Crippen LogP contribution in [0.3, 0.4) is 0 Å². The average Bonchev–Trinajstić information content (AvgIpc) is 2.97. The largest absolute Gasteiger partial charge is 0.347 e. The average molecular weight is 436 g/mol. The van der Waals surface area contributed by atoms with Crippen molar-refractivity contribution in [3.05, 3.63) is 59.8 Å². The number of nitrogens with zero attached hydrogens (tertiary/aromatic N) is 2. The lowest BCUT2D eigenvalue weighted by molar-refractivity contribution is 0.506. The highest BCUT2D eigenvalue weighted by Crippen LogP contribution is 2.29. The minimum atomic E-state index is -3.48. The third kappa shape index (κ3) is 5.06. The van der Waals surface area contributed by atoms with E-state index in [0.717, 1.165) is 38.9 Å². The van der Waals surface area contributed by atoms with Gasteiger partial charge in [0, 0.05) is 50.4 Å². The van der Waals surface area contributed by atoms with Crippen molar-refractivity contribution in [2.75, 3.05) is 20.6 Å². The lowest BCUT2D eigenvalue weighted by Gasteiger charge is -2.11. The van der Waals surface area contributed by atoms with Crippen molar-refractivity contribution in [1.82, 2.24) is 13.6 Å². The quantitative estimate of drug-likeness (QED) is 0.577. The SMILES string of the molecule is CC(C)Cn1cc(CCNS(=O)(=O)N(C)C)c2ccc(-c3cc(F)cc(F)c3)cc21. The number of hydrogen-bond acceptors (Lipinski definition) is 2. The fourth-order valence-corrected chi connectivity index (χ4v) is 4.07. The van der Waals surface area contributed by atoms with Gasteiger partial charge in [0.2, 0.25) is 0 Å². The molecule has 1 heterocycles. The summed E-state index contributed by atoms with van der Waals surface area (Å²) in [5, 5.41) is 1.00. The first-order valence-corrected chi connectivity index (χ1v) is 11.3. The van der Waals surface area contributed by atoms with E-state index in [1.54, 1.807) is 0 Å². The molecule has 0 atom stereocenters. The monoisotopic (exact) mass is 435 g/mol. The molecule has 0 bridgehead atoms. The Balaban J connectivity index is 1.97. The highest BCUT2D eigenvalue weighted by Gasteiger charge is 2.15. The fraction of sp³-hybridized carbons (Fsp3) is 0.364. The second-order valence-corrected chi connectivity index (χ2v) is 9.99. The summed E-state index contributed by atoms with van der Waals surface area (Å²) in [6.07, 6.45) is 2.56. The molecule has 0 aliphatic rings. The van der Waals surface area contributed by atoms with Gasteiger partial charge in [-0.3, -0.25) is 0 Å². The van der Waals surface area contributed by atoms with E-state index in [1.165, 1.54) is 26.2 Å². The van der Waals surface area contributed by atoms with Gasteiger partial charge in [0.1, 0.15) is 11.6 Å². The number of halogens is 2. The van der Waals surface area contributed by atoms with Gasteiger partial charge >= 0.3 is 0 Å². The molecule has 0 fully saturated rings. The van der Waals surface area contributed by atoms with Crippen LogP contribution in [0.1, 0.15) is 19.4 Å². The molecule has 8 heteroatoms. The minimum Gasteiger partial charge on any atom is -0.347 e. The van der Waals surface area contributed by atoms with E-state index in [4.69, 9.17) is 0 Å². The van der Waals surface area contributed by atoms with Gasteiger partial charge in [-0.25, -0.2) is 13.5 Å². The third-order valence-electron chi connectivity index (χ3n) is 4.88. The zero-order valence-electron chi connectivity index (χ0n) is 17.6. The summed E-state index contributed by atoms with van der Waals surface area (Å²) < 4.78 is 57.1. The molecule has 0 saturated carbocycles. The van der Waals surface area contributed by atoms with E-state index >= 15 is 0 Å². The van der Waals surface area contributed by atoms with E-state index in [2.05, 4.69) is 23.1 Å². The van der Waals surface area contributed by atoms with Gasteiger partial charge in [-0.1, -0.05) is 26.0 Å². The zero-order valence-corrected chi connectivity index (χ0v) is 18.4. The lowest BCUT2D eigenvalue weighted by Crippen LogP contribution is -2.36. The topological polar surface area (TPSA) is 54.3 Å². The van der Waals surface area contributed by atoms with Crippen molar-refractivity contribution in [1.29, 1.82) is 0 Å². The Kier molecular flexibility index (Phi) is 6.59. The summed E-state index contributed by atoms with van der Waals surface area (Å²) in [7, 11) is -0.520. The van der Waals surface area contributed by atoms with E-state index in [9.17, 15) is 17.2 Å².